The number of alkyl halides is 4. The van der Waals surface area contributed by atoms with Crippen molar-refractivity contribution in [1.29, 1.82) is 0 Å². The highest BCUT2D eigenvalue weighted by atomic mass is 35.5. The molecule has 332 valence electrons. The molecule has 0 radical (unpaired) electrons. The molecular weight excluding hydrogens is 897 g/mol. The molecule has 3 N–H and O–H groups in total. The zero-order chi connectivity index (χ0) is 45.7. The van der Waals surface area contributed by atoms with Crippen LogP contribution in [0.5, 0.6) is 0 Å². The molecule has 1 amide bonds. The third-order valence-electron chi connectivity index (χ3n) is 11.4. The highest BCUT2D eigenvalue weighted by molar-refractivity contribution is 7.92. The fourth-order valence-corrected chi connectivity index (χ4v) is 9.44. The van der Waals surface area contributed by atoms with Crippen LogP contribution in [0.2, 0.25) is 5.02 Å². The highest BCUT2D eigenvalue weighted by Gasteiger charge is 2.67. The van der Waals surface area contributed by atoms with Gasteiger partial charge in [-0.05, 0) is 83.1 Å². The lowest BCUT2D eigenvalue weighted by atomic mass is 9.98. The van der Waals surface area contributed by atoms with Crippen molar-refractivity contribution in [1.82, 2.24) is 34.4 Å². The largest absolute Gasteiger partial charge is 0.392 e. The monoisotopic (exact) mass is 928 g/mol. The summed E-state index contributed by atoms with van der Waals surface area (Å²) in [6.45, 7) is -1.53. The lowest BCUT2D eigenvalue weighted by molar-refractivity contribution is -0.123. The summed E-state index contributed by atoms with van der Waals surface area (Å²) < 4.78 is 133. The van der Waals surface area contributed by atoms with E-state index < -0.39 is 100 Å². The van der Waals surface area contributed by atoms with Crippen molar-refractivity contribution in [3.05, 3.63) is 133 Å². The minimum Gasteiger partial charge on any atom is -0.392 e. The normalized spacial score (nSPS) is 16.9. The second kappa shape index (κ2) is 15.4. The Morgan fingerprint density at radius 3 is 2.42 bits per heavy atom. The number of carbonyl (C=O) groups is 1. The van der Waals surface area contributed by atoms with Crippen LogP contribution in [0.15, 0.2) is 71.5 Å². The van der Waals surface area contributed by atoms with E-state index in [0.29, 0.717) is 16.3 Å². The Hall–Kier alpha value is -6.32. The first-order valence-electron chi connectivity index (χ1n) is 19.3. The van der Waals surface area contributed by atoms with Crippen LogP contribution in [-0.2, 0) is 47.4 Å². The topological polar surface area (TPSA) is 166 Å². The van der Waals surface area contributed by atoms with Crippen molar-refractivity contribution in [2.45, 2.75) is 50.3 Å². The number of aromatic nitrogens is 6. The Morgan fingerprint density at radius 2 is 1.73 bits per heavy atom. The van der Waals surface area contributed by atoms with E-state index in [2.05, 4.69) is 20.2 Å². The molecule has 2 aliphatic carbocycles. The lowest BCUT2D eigenvalue weighted by Crippen LogP contribution is -2.38. The van der Waals surface area contributed by atoms with E-state index in [1.165, 1.54) is 48.1 Å². The third kappa shape index (κ3) is 7.43. The molecule has 9 rings (SSSR count). The predicted octanol–water partition coefficient (Wildman–Crippen LogP) is 7.32. The van der Waals surface area contributed by atoms with Crippen molar-refractivity contribution < 1.29 is 49.1 Å². The van der Waals surface area contributed by atoms with Crippen molar-refractivity contribution >= 4 is 55.2 Å². The van der Waals surface area contributed by atoms with Crippen molar-refractivity contribution in [2.75, 3.05) is 11.0 Å². The number of amides is 1. The molecule has 2 unspecified atom stereocenters. The molecule has 3 atom stereocenters. The van der Waals surface area contributed by atoms with Gasteiger partial charge in [-0.25, -0.2) is 35.4 Å². The van der Waals surface area contributed by atoms with Crippen LogP contribution in [0.1, 0.15) is 58.7 Å². The van der Waals surface area contributed by atoms with Gasteiger partial charge in [0.05, 0.1) is 51.4 Å². The molecule has 0 saturated heterocycles. The Morgan fingerprint density at radius 1 is 1.00 bits per heavy atom. The van der Waals surface area contributed by atoms with Crippen molar-refractivity contribution in [2.24, 2.45) is 13.0 Å². The molecule has 1 fully saturated rings. The van der Waals surface area contributed by atoms with Crippen LogP contribution in [0.3, 0.4) is 0 Å². The van der Waals surface area contributed by atoms with Gasteiger partial charge in [-0.3, -0.25) is 28.2 Å². The first kappa shape index (κ1) is 43.0. The smallest absolute Gasteiger partial charge is 0.293 e. The Balaban J connectivity index is 1.27. The summed E-state index contributed by atoms with van der Waals surface area (Å²) in [6.07, 6.45) is -2.92. The van der Waals surface area contributed by atoms with Gasteiger partial charge in [0.25, 0.3) is 17.9 Å². The van der Waals surface area contributed by atoms with Crippen LogP contribution in [0, 0.1) is 23.4 Å². The van der Waals surface area contributed by atoms with E-state index >= 15 is 13.6 Å². The first-order chi connectivity index (χ1) is 30.2. The number of anilines is 1. The number of aliphatic hydroxyl groups excluding tert-OH is 1. The number of aliphatic hydroxyl groups is 1. The Bertz CT molecular complexity index is 3270. The minimum atomic E-state index is -3.95. The van der Waals surface area contributed by atoms with E-state index in [1.54, 1.807) is 0 Å². The maximum absolute atomic E-state index is 15.5. The number of fused-ring (bicyclic) bond motifs is 5. The summed E-state index contributed by atoms with van der Waals surface area (Å²) in [7, 11) is -2.53. The van der Waals surface area contributed by atoms with E-state index in [9.17, 15) is 40.3 Å². The molecule has 2 aliphatic rings. The number of hydrogen-bond donors (Lipinski definition) is 3. The third-order valence-corrected chi connectivity index (χ3v) is 12.2. The van der Waals surface area contributed by atoms with E-state index in [1.807, 2.05) is 0 Å². The van der Waals surface area contributed by atoms with Gasteiger partial charge < -0.3 is 10.4 Å². The van der Waals surface area contributed by atoms with Gasteiger partial charge in [-0.15, -0.1) is 0 Å². The summed E-state index contributed by atoms with van der Waals surface area (Å²) in [5, 5.41) is 20.6. The number of hydrogen-bond acceptors (Lipinski definition) is 8. The number of rotatable bonds is 12. The first-order valence-corrected chi connectivity index (χ1v) is 21.6. The van der Waals surface area contributed by atoms with Gasteiger partial charge in [0, 0.05) is 31.0 Å². The second-order valence-electron chi connectivity index (χ2n) is 15.7. The number of carbonyl (C=O) groups excluding carboxylic acids is 1. The number of nitrogens with zero attached hydrogens (tertiary/aromatic N) is 6. The molecule has 0 bridgehead atoms. The van der Waals surface area contributed by atoms with Crippen molar-refractivity contribution in [3.8, 4) is 16.8 Å². The van der Waals surface area contributed by atoms with Crippen LogP contribution in [-0.4, -0.2) is 54.8 Å². The number of benzene rings is 4. The summed E-state index contributed by atoms with van der Waals surface area (Å²) in [6, 6.07) is 11.5. The van der Waals surface area contributed by atoms with Gasteiger partial charge in [-0.1, -0.05) is 23.7 Å². The van der Waals surface area contributed by atoms with E-state index in [4.69, 9.17) is 16.6 Å². The summed E-state index contributed by atoms with van der Waals surface area (Å²) in [5.74, 6) is -10.0. The Labute approximate surface area is 362 Å². The highest BCUT2D eigenvalue weighted by Crippen LogP contribution is 2.68. The average molecular weight is 929 g/mol. The van der Waals surface area contributed by atoms with E-state index in [-0.39, 0.29) is 72.8 Å². The fraction of sp³-hybridized carbons (Fsp3) is 0.262. The van der Waals surface area contributed by atoms with Gasteiger partial charge >= 0.3 is 0 Å². The lowest BCUT2D eigenvalue weighted by Gasteiger charge is -2.24. The summed E-state index contributed by atoms with van der Waals surface area (Å²) in [4.78, 5) is 34.0. The van der Waals surface area contributed by atoms with Gasteiger partial charge in [0.2, 0.25) is 15.9 Å². The molecule has 7 aromatic rings. The zero-order valence-electron chi connectivity index (χ0n) is 33.2. The second-order valence-corrected chi connectivity index (χ2v) is 17.9. The number of sulfonamides is 1. The number of halogens is 8. The Kier molecular flexibility index (Phi) is 10.4. The summed E-state index contributed by atoms with van der Waals surface area (Å²) in [5.41, 5.74) is -2.15. The van der Waals surface area contributed by atoms with Crippen LogP contribution in [0.25, 0.3) is 38.6 Å². The van der Waals surface area contributed by atoms with Crippen LogP contribution in [0.4, 0.5) is 36.6 Å². The zero-order valence-corrected chi connectivity index (χ0v) is 34.8. The number of nitrogens with one attached hydrogen (secondary N) is 2. The maximum Gasteiger partial charge on any atom is 0.293 e. The summed E-state index contributed by atoms with van der Waals surface area (Å²) >= 11 is 6.62. The molecule has 0 aliphatic heterocycles. The molecule has 22 heteroatoms. The van der Waals surface area contributed by atoms with Crippen LogP contribution >= 0.6 is 11.6 Å². The minimum absolute atomic E-state index is 0.00906. The predicted molar refractivity (Wildman–Crippen MR) is 219 cm³/mol. The van der Waals surface area contributed by atoms with Gasteiger partial charge in [0.1, 0.15) is 41.2 Å². The molecule has 64 heavy (non-hydrogen) atoms. The molecular formula is C42H32ClF7N8O5S. The van der Waals surface area contributed by atoms with Gasteiger partial charge in [0.15, 0.2) is 5.82 Å². The standard InChI is InChI=1S/C42H32ClF7N8O5S/c1-56-36-31(8-7-28(43)34(36)39(54-56)55-64(2,62)63)58-40(52-29-12-19(4-6-24(29)41(58)61)25-14-21(44)5-3-20(25)17-59)30(11-18-9-22(45)13-23(46)10-18)51-32(60)16-57-37-33(35(53-57)38(47)48)26-15-27(26)42(37,49)50/h3-10,12-14,26-27,30,38,59H,11,15-17H2,1-2H3,(H,51,60)(H,54,55)/t26?,27?,30-/m0/s1. The van der Waals surface area contributed by atoms with Crippen LogP contribution < -0.4 is 15.6 Å². The molecule has 3 heterocycles. The SMILES string of the molecule is Cn1nc(NS(C)(=O)=O)c2c(Cl)ccc(-n3c([C@H](Cc4cc(F)cc(F)c4)NC(=O)Cn4nc(C(F)F)c5c4C(F)(F)C4CC54)nc4cc(-c5cc(F)ccc5CO)ccc4c3=O)c21. The fourth-order valence-electron chi connectivity index (χ4n) is 8.70. The molecule has 3 aromatic heterocycles. The van der Waals surface area contributed by atoms with Crippen molar-refractivity contribution in [3.63, 3.8) is 0 Å². The molecule has 0 spiro atoms. The quantitative estimate of drug-likeness (QED) is 0.107. The van der Waals surface area contributed by atoms with E-state index in [0.717, 1.165) is 35.1 Å². The molecule has 4 aromatic carbocycles. The molecule has 1 saturated carbocycles. The van der Waals surface area contributed by atoms with Gasteiger partial charge in [-0.2, -0.15) is 19.0 Å². The maximum atomic E-state index is 15.5. The number of aryl methyl sites for hydroxylation is 1. The molecule has 13 nitrogen and oxygen atoms in total. The average Bonchev–Trinajstić information content (AvgIpc) is 3.75.